The quantitative estimate of drug-likeness (QED) is 0.523. The zero-order valence-corrected chi connectivity index (χ0v) is 18.3. The van der Waals surface area contributed by atoms with E-state index in [0.717, 1.165) is 11.3 Å². The monoisotopic (exact) mass is 439 g/mol. The van der Waals surface area contributed by atoms with Crippen LogP contribution in [-0.4, -0.2) is 46.8 Å². The predicted octanol–water partition coefficient (Wildman–Crippen LogP) is 3.60. The number of methoxy groups -OCH3 is 1. The van der Waals surface area contributed by atoms with Crippen LogP contribution in [0.2, 0.25) is 0 Å². The zero-order chi connectivity index (χ0) is 22.9. The van der Waals surface area contributed by atoms with Crippen molar-refractivity contribution in [3.05, 3.63) is 64.9 Å². The SMILES string of the molecule is COC(C)(C)COc1cnccc1-c1[nH]c2c(c1Cc1cccc(F)c1O)C(=O)NCC2. The van der Waals surface area contributed by atoms with Gasteiger partial charge in [0.2, 0.25) is 0 Å². The van der Waals surface area contributed by atoms with E-state index < -0.39 is 17.2 Å². The summed E-state index contributed by atoms with van der Waals surface area (Å²) >= 11 is 0. The van der Waals surface area contributed by atoms with Crippen molar-refractivity contribution in [1.29, 1.82) is 0 Å². The van der Waals surface area contributed by atoms with Gasteiger partial charge in [0.15, 0.2) is 11.6 Å². The lowest BCUT2D eigenvalue weighted by molar-refractivity contribution is -0.0146. The lowest BCUT2D eigenvalue weighted by atomic mass is 9.94. The van der Waals surface area contributed by atoms with Gasteiger partial charge in [0, 0.05) is 49.5 Å². The average Bonchev–Trinajstić information content (AvgIpc) is 3.15. The molecule has 0 spiro atoms. The number of nitrogens with zero attached hydrogens (tertiary/aromatic N) is 1. The van der Waals surface area contributed by atoms with Gasteiger partial charge in [-0.3, -0.25) is 9.78 Å². The summed E-state index contributed by atoms with van der Waals surface area (Å²) in [5.41, 5.74) is 3.29. The molecule has 8 heteroatoms. The number of pyridine rings is 1. The first-order valence-electron chi connectivity index (χ1n) is 10.4. The van der Waals surface area contributed by atoms with Crippen LogP contribution < -0.4 is 10.1 Å². The van der Waals surface area contributed by atoms with E-state index >= 15 is 0 Å². The normalized spacial score (nSPS) is 13.6. The van der Waals surface area contributed by atoms with Crippen LogP contribution in [0.15, 0.2) is 36.7 Å². The van der Waals surface area contributed by atoms with Crippen molar-refractivity contribution in [3.63, 3.8) is 0 Å². The van der Waals surface area contributed by atoms with E-state index in [4.69, 9.17) is 9.47 Å². The number of hydrogen-bond donors (Lipinski definition) is 3. The number of H-pyrrole nitrogens is 1. The molecule has 0 fully saturated rings. The van der Waals surface area contributed by atoms with Crippen LogP contribution in [0.5, 0.6) is 11.5 Å². The van der Waals surface area contributed by atoms with Crippen molar-refractivity contribution in [2.75, 3.05) is 20.3 Å². The molecule has 3 N–H and O–H groups in total. The van der Waals surface area contributed by atoms with Crippen molar-refractivity contribution in [2.24, 2.45) is 0 Å². The molecule has 0 aliphatic carbocycles. The van der Waals surface area contributed by atoms with Gasteiger partial charge >= 0.3 is 0 Å². The highest BCUT2D eigenvalue weighted by atomic mass is 19.1. The molecule has 7 nitrogen and oxygen atoms in total. The van der Waals surface area contributed by atoms with Crippen LogP contribution in [0.4, 0.5) is 4.39 Å². The standard InChI is InChI=1S/C24H26FN3O4/c1-24(2,31-3)13-32-19-12-26-9-7-15(19)21-16(11-14-5-4-6-17(25)22(14)29)20-18(28-21)8-10-27-23(20)30/h4-7,9,12,28-29H,8,10-11,13H2,1-3H3,(H,27,30). The number of benzene rings is 1. The van der Waals surface area contributed by atoms with Gasteiger partial charge in [-0.1, -0.05) is 12.1 Å². The van der Waals surface area contributed by atoms with Crippen LogP contribution in [-0.2, 0) is 17.6 Å². The van der Waals surface area contributed by atoms with E-state index in [0.29, 0.717) is 47.7 Å². The van der Waals surface area contributed by atoms with Crippen LogP contribution in [0.1, 0.15) is 41.0 Å². The predicted molar refractivity (Wildman–Crippen MR) is 118 cm³/mol. The number of rotatable bonds is 7. The number of nitrogens with one attached hydrogen (secondary N) is 2. The second-order valence-corrected chi connectivity index (χ2v) is 8.39. The molecular formula is C24H26FN3O4. The molecule has 0 saturated carbocycles. The molecule has 2 aromatic heterocycles. The first-order valence-corrected chi connectivity index (χ1v) is 10.4. The summed E-state index contributed by atoms with van der Waals surface area (Å²) in [5, 5.41) is 13.1. The Bertz CT molecular complexity index is 1160. The Hall–Kier alpha value is -3.39. The van der Waals surface area contributed by atoms with Gasteiger partial charge < -0.3 is 24.9 Å². The minimum Gasteiger partial charge on any atom is -0.505 e. The molecule has 1 aliphatic rings. The van der Waals surface area contributed by atoms with Crippen LogP contribution in [0.3, 0.4) is 0 Å². The average molecular weight is 439 g/mol. The minimum absolute atomic E-state index is 0.170. The molecular weight excluding hydrogens is 413 g/mol. The summed E-state index contributed by atoms with van der Waals surface area (Å²) in [5.74, 6) is -0.789. The van der Waals surface area contributed by atoms with Crippen molar-refractivity contribution < 1.29 is 23.8 Å². The van der Waals surface area contributed by atoms with Gasteiger partial charge in [-0.05, 0) is 31.5 Å². The number of aromatic hydroxyl groups is 1. The molecule has 1 aromatic carbocycles. The second-order valence-electron chi connectivity index (χ2n) is 8.39. The third kappa shape index (κ3) is 4.18. The smallest absolute Gasteiger partial charge is 0.253 e. The van der Waals surface area contributed by atoms with Gasteiger partial charge in [-0.2, -0.15) is 0 Å². The third-order valence-corrected chi connectivity index (χ3v) is 5.69. The lowest BCUT2D eigenvalue weighted by Gasteiger charge is -2.23. The zero-order valence-electron chi connectivity index (χ0n) is 18.3. The molecule has 0 radical (unpaired) electrons. The van der Waals surface area contributed by atoms with E-state index in [1.807, 2.05) is 13.8 Å². The summed E-state index contributed by atoms with van der Waals surface area (Å²) in [6.07, 6.45) is 4.07. The molecule has 4 rings (SSSR count). The van der Waals surface area contributed by atoms with Crippen LogP contribution in [0.25, 0.3) is 11.3 Å². The third-order valence-electron chi connectivity index (χ3n) is 5.69. The Kier molecular flexibility index (Phi) is 5.88. The van der Waals surface area contributed by atoms with E-state index in [1.165, 1.54) is 12.1 Å². The van der Waals surface area contributed by atoms with Crippen LogP contribution in [0, 0.1) is 5.82 Å². The Morgan fingerprint density at radius 1 is 1.28 bits per heavy atom. The van der Waals surface area contributed by atoms with Gasteiger partial charge in [0.1, 0.15) is 12.4 Å². The van der Waals surface area contributed by atoms with Gasteiger partial charge in [0.25, 0.3) is 5.91 Å². The Morgan fingerprint density at radius 3 is 2.88 bits per heavy atom. The van der Waals surface area contributed by atoms with Gasteiger partial charge in [0.05, 0.1) is 23.1 Å². The highest BCUT2D eigenvalue weighted by Gasteiger charge is 2.29. The van der Waals surface area contributed by atoms with Crippen molar-refractivity contribution in [3.8, 4) is 22.8 Å². The fourth-order valence-electron chi connectivity index (χ4n) is 3.76. The number of aromatic nitrogens is 2. The number of hydrogen-bond acceptors (Lipinski definition) is 5. The first-order chi connectivity index (χ1) is 15.3. The largest absolute Gasteiger partial charge is 0.505 e. The summed E-state index contributed by atoms with van der Waals surface area (Å²) in [4.78, 5) is 20.3. The Morgan fingerprint density at radius 2 is 2.09 bits per heavy atom. The highest BCUT2D eigenvalue weighted by Crippen LogP contribution is 2.38. The Balaban J connectivity index is 1.82. The van der Waals surface area contributed by atoms with Crippen LogP contribution >= 0.6 is 0 Å². The molecule has 3 heterocycles. The van der Waals surface area contributed by atoms with E-state index in [1.54, 1.807) is 31.6 Å². The van der Waals surface area contributed by atoms with E-state index in [-0.39, 0.29) is 12.3 Å². The number of phenols is 1. The molecule has 32 heavy (non-hydrogen) atoms. The summed E-state index contributed by atoms with van der Waals surface area (Å²) in [6, 6.07) is 6.19. The molecule has 168 valence electrons. The van der Waals surface area contributed by atoms with Crippen molar-refractivity contribution in [1.82, 2.24) is 15.3 Å². The molecule has 3 aromatic rings. The minimum atomic E-state index is -0.701. The van der Waals surface area contributed by atoms with Gasteiger partial charge in [-0.25, -0.2) is 4.39 Å². The molecule has 0 saturated heterocycles. The van der Waals surface area contributed by atoms with E-state index in [9.17, 15) is 14.3 Å². The van der Waals surface area contributed by atoms with E-state index in [2.05, 4.69) is 15.3 Å². The molecule has 0 unspecified atom stereocenters. The Labute approximate surface area is 185 Å². The number of para-hydroxylation sites is 1. The fraction of sp³-hybridized carbons (Fsp3) is 0.333. The number of halogens is 1. The fourth-order valence-corrected chi connectivity index (χ4v) is 3.76. The highest BCUT2D eigenvalue weighted by molar-refractivity contribution is 6.00. The number of amides is 1. The number of phenolic OH excluding ortho intramolecular Hbond substituents is 1. The van der Waals surface area contributed by atoms with Crippen molar-refractivity contribution in [2.45, 2.75) is 32.3 Å². The molecule has 0 atom stereocenters. The lowest BCUT2D eigenvalue weighted by Crippen LogP contribution is -2.32. The molecule has 1 amide bonds. The number of fused-ring (bicyclic) bond motifs is 1. The second kappa shape index (κ2) is 8.63. The number of carbonyl (C=O) groups is 1. The number of carbonyl (C=O) groups excluding carboxylic acids is 1. The summed E-state index contributed by atoms with van der Waals surface area (Å²) in [6.45, 7) is 4.65. The molecule has 1 aliphatic heterocycles. The number of aromatic amines is 1. The first kappa shape index (κ1) is 21.8. The summed E-state index contributed by atoms with van der Waals surface area (Å²) < 4.78 is 25.5. The topological polar surface area (TPSA) is 96.5 Å². The van der Waals surface area contributed by atoms with Gasteiger partial charge in [-0.15, -0.1) is 0 Å². The maximum absolute atomic E-state index is 14.0. The summed E-state index contributed by atoms with van der Waals surface area (Å²) in [7, 11) is 1.62. The maximum atomic E-state index is 14.0. The van der Waals surface area contributed by atoms with Crippen molar-refractivity contribution >= 4 is 5.91 Å². The maximum Gasteiger partial charge on any atom is 0.253 e. The number of ether oxygens (including phenoxy) is 2. The molecule has 0 bridgehead atoms.